The van der Waals surface area contributed by atoms with Gasteiger partial charge in [-0.2, -0.15) is 0 Å². The summed E-state index contributed by atoms with van der Waals surface area (Å²) < 4.78 is 0. The predicted molar refractivity (Wildman–Crippen MR) is 25.2 cm³/mol. The molecule has 0 aliphatic rings. The molecule has 0 aliphatic carbocycles. The van der Waals surface area contributed by atoms with Crippen LogP contribution in [-0.2, 0) is 0 Å². The molecule has 0 bridgehead atoms. The molecule has 5 heavy (non-hydrogen) atoms. The van der Waals surface area contributed by atoms with Gasteiger partial charge in [0.15, 0.2) is 0 Å². The Hall–Kier alpha value is 2.12. The minimum absolute atomic E-state index is 0. The van der Waals surface area contributed by atoms with Gasteiger partial charge in [0.2, 0.25) is 0 Å². The molecule has 0 aliphatic heterocycles. The third-order valence-corrected chi connectivity index (χ3v) is 0. The smallest absolute Gasteiger partial charge is 1.00 e. The Morgan fingerprint density at radius 2 is 1.60 bits per heavy atom. The molecule has 0 rings (SSSR count). The number of rotatable bonds is 0. The van der Waals surface area contributed by atoms with Crippen LogP contribution in [0.3, 0.4) is 0 Å². The molecule has 0 aromatic carbocycles. The Kier molecular flexibility index (Phi) is 12.4. The van der Waals surface area contributed by atoms with Crippen molar-refractivity contribution in [3.8, 4) is 0 Å². The first-order valence-corrected chi connectivity index (χ1v) is 2.29. The third-order valence-electron chi connectivity index (χ3n) is 0. The molecule has 0 atom stereocenters. The molecular weight excluding hydrogens is 155 g/mol. The molecule has 0 N–H and O–H groups in total. The van der Waals surface area contributed by atoms with E-state index in [1.165, 1.54) is 0 Å². The van der Waals surface area contributed by atoms with Crippen molar-refractivity contribution in [3.05, 3.63) is 0 Å². The zero-order chi connectivity index (χ0) is 3.58. The fourth-order valence-corrected chi connectivity index (χ4v) is 0. The van der Waals surface area contributed by atoms with Crippen LogP contribution in [-0.4, -0.2) is 4.83 Å². The predicted octanol–water partition coefficient (Wildman–Crippen LogP) is -1.09. The topological polar surface area (TPSA) is 0 Å². The van der Waals surface area contributed by atoms with E-state index in [1.807, 2.05) is 0 Å². The molecule has 0 unspecified atom stereocenters. The van der Waals surface area contributed by atoms with E-state index in [9.17, 15) is 0 Å². The molecule has 28 valence electrons. The summed E-state index contributed by atoms with van der Waals surface area (Å²) in [5.41, 5.74) is 0. The summed E-state index contributed by atoms with van der Waals surface area (Å²) in [6, 6.07) is 0. The average molecular weight is 163 g/mol. The van der Waals surface area contributed by atoms with Crippen LogP contribution in [0.1, 0.15) is 15.3 Å². The first-order chi connectivity index (χ1) is 1.73. The molecule has 0 amide bonds. The summed E-state index contributed by atoms with van der Waals surface area (Å²) in [5.74, 6) is 0. The number of halogens is 1. The Labute approximate surface area is 85.7 Å². The van der Waals surface area contributed by atoms with Gasteiger partial charge in [-0.1, -0.05) is 29.8 Å². The summed E-state index contributed by atoms with van der Waals surface area (Å²) in [5, 5.41) is 0. The fraction of sp³-hybridized carbons (Fsp3) is 1.00. The fourth-order valence-electron chi connectivity index (χ4n) is 0. The first kappa shape index (κ1) is 10.2. The van der Waals surface area contributed by atoms with Crippen molar-refractivity contribution in [1.82, 2.24) is 0 Å². The molecule has 0 aromatic rings. The van der Waals surface area contributed by atoms with E-state index >= 15 is 0 Å². The third kappa shape index (κ3) is 23.1. The zero-order valence-electron chi connectivity index (χ0n) is 4.96. The second-order valence-corrected chi connectivity index (χ2v) is 2.85. The molecule has 0 radical (unpaired) electrons. The van der Waals surface area contributed by atoms with E-state index in [1.54, 1.807) is 0 Å². The van der Waals surface area contributed by atoms with Gasteiger partial charge < -0.3 is 1.43 Å². The van der Waals surface area contributed by atoms with Gasteiger partial charge in [-0.25, -0.2) is 0 Å². The minimum atomic E-state index is 0. The average Bonchev–Trinajstić information content (AvgIpc) is 0.811. The number of hydrogen-bond acceptors (Lipinski definition) is 0. The van der Waals surface area contributed by atoms with Crippen molar-refractivity contribution in [3.63, 3.8) is 0 Å². The molecule has 0 saturated heterocycles. The molecule has 0 spiro atoms. The molecule has 0 heterocycles. The van der Waals surface area contributed by atoms with Crippen molar-refractivity contribution in [2.24, 2.45) is 0 Å². The largest absolute Gasteiger partial charge is 1.00 e. The van der Waals surface area contributed by atoms with E-state index in [4.69, 9.17) is 0 Å². The second kappa shape index (κ2) is 6.12. The van der Waals surface area contributed by atoms with Crippen LogP contribution in [0.4, 0.5) is 0 Å². The van der Waals surface area contributed by atoms with E-state index in [2.05, 4.69) is 29.8 Å². The quantitative estimate of drug-likeness (QED) is 0.314. The van der Waals surface area contributed by atoms with Gasteiger partial charge in [-0.3, -0.25) is 0 Å². The Balaban J connectivity index is -0.0000000450. The Morgan fingerprint density at radius 1 is 1.60 bits per heavy atom. The van der Waals surface area contributed by atoms with Gasteiger partial charge in [0.25, 0.3) is 0 Å². The zero-order valence-corrected chi connectivity index (χ0v) is 8.66. The van der Waals surface area contributed by atoms with Crippen LogP contribution in [0.25, 0.3) is 0 Å². The van der Waals surface area contributed by atoms with Crippen LogP contribution in [0.15, 0.2) is 0 Å². The van der Waals surface area contributed by atoms with Gasteiger partial charge in [-0.05, 0) is 0 Å². The van der Waals surface area contributed by atoms with Gasteiger partial charge in [0.05, 0.1) is 0 Å². The van der Waals surface area contributed by atoms with Crippen LogP contribution < -0.4 is 51.4 Å². The monoisotopic (exact) mass is 162 g/mol. The maximum absolute atomic E-state index is 3.27. The van der Waals surface area contributed by atoms with Crippen molar-refractivity contribution < 1.29 is 52.8 Å². The summed E-state index contributed by atoms with van der Waals surface area (Å²) in [4.78, 5) is 0.646. The van der Waals surface area contributed by atoms with Crippen molar-refractivity contribution in [2.45, 2.75) is 18.7 Å². The summed E-state index contributed by atoms with van der Waals surface area (Å²) >= 11 is 3.27. The normalized spacial score (nSPS) is 7.20. The molecular formula is C3H8BrK. The number of hydrogen-bond donors (Lipinski definition) is 0. The number of alkyl halides is 1. The van der Waals surface area contributed by atoms with Crippen LogP contribution in [0, 0.1) is 0 Å². The molecule has 0 aromatic heterocycles. The summed E-state index contributed by atoms with van der Waals surface area (Å²) in [6.07, 6.45) is 0. The molecule has 0 fully saturated rings. The maximum atomic E-state index is 3.27. The van der Waals surface area contributed by atoms with E-state index < -0.39 is 0 Å². The van der Waals surface area contributed by atoms with Crippen molar-refractivity contribution in [1.29, 1.82) is 0 Å². The van der Waals surface area contributed by atoms with Gasteiger partial charge >= 0.3 is 51.4 Å². The van der Waals surface area contributed by atoms with Gasteiger partial charge in [0, 0.05) is 4.83 Å². The van der Waals surface area contributed by atoms with Crippen LogP contribution in [0.5, 0.6) is 0 Å². The maximum Gasteiger partial charge on any atom is 1.00 e. The summed E-state index contributed by atoms with van der Waals surface area (Å²) in [6.45, 7) is 4.17. The molecule has 0 nitrogen and oxygen atoms in total. The van der Waals surface area contributed by atoms with E-state index in [0.717, 1.165) is 0 Å². The molecule has 0 saturated carbocycles. The van der Waals surface area contributed by atoms with Crippen molar-refractivity contribution >= 4 is 15.9 Å². The van der Waals surface area contributed by atoms with Gasteiger partial charge in [-0.15, -0.1) is 0 Å². The Morgan fingerprint density at radius 3 is 1.60 bits per heavy atom. The van der Waals surface area contributed by atoms with Crippen LogP contribution >= 0.6 is 15.9 Å². The molecule has 2 heteroatoms. The SMILES string of the molecule is CC(C)Br.[H-].[K+]. The van der Waals surface area contributed by atoms with Crippen molar-refractivity contribution in [2.75, 3.05) is 0 Å². The summed E-state index contributed by atoms with van der Waals surface area (Å²) in [7, 11) is 0. The van der Waals surface area contributed by atoms with E-state index in [0.29, 0.717) is 4.83 Å². The van der Waals surface area contributed by atoms with E-state index in [-0.39, 0.29) is 52.8 Å². The van der Waals surface area contributed by atoms with Crippen LogP contribution in [0.2, 0.25) is 0 Å². The first-order valence-electron chi connectivity index (χ1n) is 1.37. The minimum Gasteiger partial charge on any atom is -1.00 e. The standard InChI is InChI=1S/C3H7Br.K.H/c1-3(2)4;;/h3H,1-2H3;;/q;+1;-1. The van der Waals surface area contributed by atoms with Gasteiger partial charge in [0.1, 0.15) is 0 Å². The second-order valence-electron chi connectivity index (χ2n) is 1.01. The Bertz CT molecular complexity index is 15.5.